The molecule has 0 spiro atoms. The Bertz CT molecular complexity index is 850. The number of nitrogens with zero attached hydrogens (tertiary/aromatic N) is 2. The molecule has 0 aliphatic rings. The summed E-state index contributed by atoms with van der Waals surface area (Å²) in [6.45, 7) is 1.19. The van der Waals surface area contributed by atoms with Gasteiger partial charge in [0.2, 0.25) is 10.0 Å². The zero-order valence-electron chi connectivity index (χ0n) is 13.6. The molecule has 1 aromatic heterocycles. The molecule has 0 atom stereocenters. The van der Waals surface area contributed by atoms with Crippen molar-refractivity contribution in [2.24, 2.45) is 0 Å². The van der Waals surface area contributed by atoms with E-state index in [-0.39, 0.29) is 23.5 Å². The van der Waals surface area contributed by atoms with E-state index in [9.17, 15) is 22.0 Å². The van der Waals surface area contributed by atoms with Crippen molar-refractivity contribution in [3.05, 3.63) is 59.4 Å². The molecule has 0 unspecified atom stereocenters. The number of methoxy groups -OCH3 is 1. The molecule has 1 aromatic carbocycles. The summed E-state index contributed by atoms with van der Waals surface area (Å²) in [5, 5.41) is 0. The Morgan fingerprint density at radius 3 is 2.32 bits per heavy atom. The number of sulfonamides is 1. The highest BCUT2D eigenvalue weighted by Gasteiger charge is 2.23. The summed E-state index contributed by atoms with van der Waals surface area (Å²) in [7, 11) is -2.58. The molecule has 2 rings (SSSR count). The number of aromatic nitrogens is 1. The van der Waals surface area contributed by atoms with Crippen molar-refractivity contribution < 1.29 is 26.7 Å². The van der Waals surface area contributed by atoms with E-state index < -0.39 is 27.6 Å². The normalized spacial score (nSPS) is 11.2. The molecule has 0 saturated heterocycles. The van der Waals surface area contributed by atoms with Crippen molar-refractivity contribution in [1.82, 2.24) is 4.98 Å². The van der Waals surface area contributed by atoms with Gasteiger partial charge < -0.3 is 4.74 Å². The number of hydrogen-bond acceptors (Lipinski definition) is 5. The molecule has 0 amide bonds. The lowest BCUT2D eigenvalue weighted by Crippen LogP contribution is -2.32. The molecule has 0 aliphatic heterocycles. The van der Waals surface area contributed by atoms with Gasteiger partial charge in [-0.25, -0.2) is 22.0 Å². The van der Waals surface area contributed by atoms with Gasteiger partial charge in [0.05, 0.1) is 36.4 Å². The first kappa shape index (κ1) is 18.8. The van der Waals surface area contributed by atoms with Crippen LogP contribution in [0.2, 0.25) is 0 Å². The first-order valence-corrected chi connectivity index (χ1v) is 8.87. The Labute approximate surface area is 144 Å². The topological polar surface area (TPSA) is 76.6 Å². The lowest BCUT2D eigenvalue weighted by Gasteiger charge is -2.23. The molecular weight excluding hydrogens is 354 g/mol. The van der Waals surface area contributed by atoms with Gasteiger partial charge in [-0.2, -0.15) is 0 Å². The van der Waals surface area contributed by atoms with Crippen molar-refractivity contribution in [3.63, 3.8) is 0 Å². The highest BCUT2D eigenvalue weighted by molar-refractivity contribution is 7.92. The summed E-state index contributed by atoms with van der Waals surface area (Å²) in [6.07, 6.45) is 1.24. The molecule has 0 fully saturated rings. The number of halogens is 2. The van der Waals surface area contributed by atoms with E-state index in [4.69, 9.17) is 0 Å². The molecule has 25 heavy (non-hydrogen) atoms. The van der Waals surface area contributed by atoms with Crippen molar-refractivity contribution in [1.29, 1.82) is 0 Å². The molecule has 1 heterocycles. The van der Waals surface area contributed by atoms with Crippen LogP contribution in [0, 0.1) is 11.6 Å². The number of rotatable bonds is 6. The van der Waals surface area contributed by atoms with Gasteiger partial charge in [-0.15, -0.1) is 0 Å². The van der Waals surface area contributed by atoms with Crippen molar-refractivity contribution in [2.45, 2.75) is 13.5 Å². The Kier molecular flexibility index (Phi) is 5.68. The summed E-state index contributed by atoms with van der Waals surface area (Å²) >= 11 is 0. The fourth-order valence-electron chi connectivity index (χ4n) is 2.09. The van der Waals surface area contributed by atoms with Gasteiger partial charge in [0.15, 0.2) is 0 Å². The minimum atomic E-state index is -3.81. The third-order valence-corrected chi connectivity index (χ3v) is 5.13. The molecule has 6 nitrogen and oxygen atoms in total. The van der Waals surface area contributed by atoms with Gasteiger partial charge >= 0.3 is 5.97 Å². The predicted octanol–water partition coefficient (Wildman–Crippen LogP) is 2.50. The predicted molar refractivity (Wildman–Crippen MR) is 87.6 cm³/mol. The highest BCUT2D eigenvalue weighted by atomic mass is 32.2. The lowest BCUT2D eigenvalue weighted by atomic mass is 10.2. The lowest BCUT2D eigenvalue weighted by molar-refractivity contribution is 0.0600. The van der Waals surface area contributed by atoms with E-state index in [1.165, 1.54) is 32.4 Å². The molecule has 0 saturated carbocycles. The maximum atomic E-state index is 13.5. The highest BCUT2D eigenvalue weighted by Crippen LogP contribution is 2.23. The maximum Gasteiger partial charge on any atom is 0.339 e. The zero-order chi connectivity index (χ0) is 18.6. The van der Waals surface area contributed by atoms with Crippen LogP contribution < -0.4 is 4.31 Å². The third kappa shape index (κ3) is 4.50. The van der Waals surface area contributed by atoms with E-state index in [0.29, 0.717) is 11.8 Å². The number of pyridine rings is 1. The van der Waals surface area contributed by atoms with E-state index in [1.807, 2.05) is 0 Å². The van der Waals surface area contributed by atoms with Crippen LogP contribution in [0.5, 0.6) is 0 Å². The summed E-state index contributed by atoms with van der Waals surface area (Å²) in [4.78, 5) is 15.4. The third-order valence-electron chi connectivity index (χ3n) is 3.39. The molecule has 0 aliphatic carbocycles. The minimum absolute atomic E-state index is 0.141. The van der Waals surface area contributed by atoms with Crippen LogP contribution in [0.4, 0.5) is 14.5 Å². The molecular formula is C16H16F2N2O4S. The first-order valence-electron chi connectivity index (χ1n) is 7.26. The van der Waals surface area contributed by atoms with Gasteiger partial charge in [-0.1, -0.05) is 0 Å². The van der Waals surface area contributed by atoms with Crippen LogP contribution in [0.3, 0.4) is 0 Å². The fourth-order valence-corrected chi connectivity index (χ4v) is 3.16. The zero-order valence-corrected chi connectivity index (χ0v) is 14.4. The van der Waals surface area contributed by atoms with E-state index in [0.717, 1.165) is 16.4 Å². The number of carbonyl (C=O) groups excluding carboxylic acids is 1. The van der Waals surface area contributed by atoms with Crippen LogP contribution in [0.15, 0.2) is 36.5 Å². The first-order chi connectivity index (χ1) is 11.8. The Morgan fingerprint density at radius 2 is 1.84 bits per heavy atom. The Balaban J connectivity index is 2.39. The molecule has 2 aromatic rings. The molecule has 0 radical (unpaired) electrons. The van der Waals surface area contributed by atoms with E-state index >= 15 is 0 Å². The van der Waals surface area contributed by atoms with Gasteiger partial charge in [0, 0.05) is 12.3 Å². The molecule has 134 valence electrons. The second kappa shape index (κ2) is 7.56. The average Bonchev–Trinajstić information content (AvgIpc) is 2.58. The monoisotopic (exact) mass is 370 g/mol. The van der Waals surface area contributed by atoms with Crippen LogP contribution >= 0.6 is 0 Å². The van der Waals surface area contributed by atoms with E-state index in [2.05, 4.69) is 9.72 Å². The maximum absolute atomic E-state index is 13.5. The van der Waals surface area contributed by atoms with Gasteiger partial charge in [0.25, 0.3) is 0 Å². The second-order valence-electron chi connectivity index (χ2n) is 5.06. The standard InChI is InChI=1S/C16H16F2N2O4S/c1-3-25(22,23)20(15-7-12(17)6-13(18)8-15)10-14-5-4-11(9-19-14)16(21)24-2/h4-9H,3,10H2,1-2H3. The van der Waals surface area contributed by atoms with Gasteiger partial charge in [-0.3, -0.25) is 9.29 Å². The summed E-state index contributed by atoms with van der Waals surface area (Å²) in [5.74, 6) is -2.62. The Hall–Kier alpha value is -2.55. The van der Waals surface area contributed by atoms with Crippen LogP contribution in [-0.2, 0) is 21.3 Å². The summed E-state index contributed by atoms with van der Waals surface area (Å²) in [5.41, 5.74) is 0.362. The largest absolute Gasteiger partial charge is 0.465 e. The van der Waals surface area contributed by atoms with Crippen LogP contribution in [0.25, 0.3) is 0 Å². The number of ether oxygens (including phenoxy) is 1. The number of hydrogen-bond donors (Lipinski definition) is 0. The minimum Gasteiger partial charge on any atom is -0.465 e. The van der Waals surface area contributed by atoms with Crippen LogP contribution in [-0.4, -0.2) is 32.2 Å². The molecule has 0 N–H and O–H groups in total. The molecule has 0 bridgehead atoms. The quantitative estimate of drug-likeness (QED) is 0.730. The summed E-state index contributed by atoms with van der Waals surface area (Å²) < 4.78 is 57.0. The smallest absolute Gasteiger partial charge is 0.339 e. The van der Waals surface area contributed by atoms with E-state index in [1.54, 1.807) is 0 Å². The van der Waals surface area contributed by atoms with Crippen molar-refractivity contribution in [2.75, 3.05) is 17.2 Å². The second-order valence-corrected chi connectivity index (χ2v) is 7.25. The van der Waals surface area contributed by atoms with Crippen LogP contribution in [0.1, 0.15) is 23.0 Å². The molecule has 9 heteroatoms. The average molecular weight is 370 g/mol. The van der Waals surface area contributed by atoms with Gasteiger partial charge in [0.1, 0.15) is 11.6 Å². The number of carbonyl (C=O) groups is 1. The number of anilines is 1. The number of benzene rings is 1. The Morgan fingerprint density at radius 1 is 1.20 bits per heavy atom. The van der Waals surface area contributed by atoms with Crippen molar-refractivity contribution in [3.8, 4) is 0 Å². The SMILES string of the molecule is CCS(=O)(=O)N(Cc1ccc(C(=O)OC)cn1)c1cc(F)cc(F)c1. The van der Waals surface area contributed by atoms with Gasteiger partial charge in [-0.05, 0) is 31.2 Å². The fraction of sp³-hybridized carbons (Fsp3) is 0.250. The summed E-state index contributed by atoms with van der Waals surface area (Å²) in [6, 6.07) is 5.39. The number of esters is 1. The van der Waals surface area contributed by atoms with Crippen molar-refractivity contribution >= 4 is 21.7 Å².